The van der Waals surface area contributed by atoms with Crippen molar-refractivity contribution in [3.8, 4) is 10.6 Å². The molecule has 0 radical (unpaired) electrons. The summed E-state index contributed by atoms with van der Waals surface area (Å²) in [5.74, 6) is -0.423. The highest BCUT2D eigenvalue weighted by atomic mass is 35.5. The van der Waals surface area contributed by atoms with Crippen LogP contribution in [-0.4, -0.2) is 28.2 Å². The minimum atomic E-state index is -0.733. The average Bonchev–Trinajstić information content (AvgIpc) is 3.21. The second kappa shape index (κ2) is 10.4. The Morgan fingerprint density at radius 1 is 1.10 bits per heavy atom. The fraction of sp³-hybridized carbons (Fsp3) is 0.273. The summed E-state index contributed by atoms with van der Waals surface area (Å²) in [7, 11) is 0. The van der Waals surface area contributed by atoms with E-state index in [1.165, 1.54) is 11.3 Å². The largest absolute Gasteiger partial charge is 0.326 e. The molecule has 2 atom stereocenters. The number of benzene rings is 2. The van der Waals surface area contributed by atoms with E-state index in [2.05, 4.69) is 26.1 Å². The van der Waals surface area contributed by atoms with Crippen LogP contribution >= 0.6 is 22.9 Å². The van der Waals surface area contributed by atoms with Crippen LogP contribution in [0.15, 0.2) is 48.5 Å². The quantitative estimate of drug-likeness (QED) is 0.446. The number of hydrogen-bond donors (Lipinski definition) is 3. The molecule has 31 heavy (non-hydrogen) atoms. The summed E-state index contributed by atoms with van der Waals surface area (Å²) in [5.41, 5.74) is 2.64. The summed E-state index contributed by atoms with van der Waals surface area (Å²) in [6.07, 6.45) is 0.712. The lowest BCUT2D eigenvalue weighted by Gasteiger charge is -2.23. The Bertz CT molecular complexity index is 1050. The molecule has 2 unspecified atom stereocenters. The maximum absolute atomic E-state index is 12.9. The molecule has 3 aromatic rings. The monoisotopic (exact) mass is 457 g/mol. The minimum absolute atomic E-state index is 0.0832. The van der Waals surface area contributed by atoms with E-state index in [4.69, 9.17) is 11.6 Å². The predicted molar refractivity (Wildman–Crippen MR) is 126 cm³/mol. The molecule has 0 saturated carbocycles. The molecule has 3 rings (SSSR count). The standard InChI is InChI=1S/C22H24ClN5O2S/c1-4-14(3)18(25-21(30)24-17-10-8-16(23)9-11-17)19(29)26-22-28-27-20(31-22)15-7-5-6-13(2)12-15/h5-12,14,18H,4H2,1-3H3,(H2,24,25,30)(H,26,28,29). The number of aromatic nitrogens is 2. The predicted octanol–water partition coefficient (Wildman–Crippen LogP) is 5.34. The SMILES string of the molecule is CCC(C)C(NC(=O)Nc1ccc(Cl)cc1)C(=O)Nc1nnc(-c2cccc(C)c2)s1. The van der Waals surface area contributed by atoms with Gasteiger partial charge in [-0.15, -0.1) is 10.2 Å². The van der Waals surface area contributed by atoms with Crippen molar-refractivity contribution in [3.63, 3.8) is 0 Å². The first-order valence-corrected chi connectivity index (χ1v) is 11.1. The van der Waals surface area contributed by atoms with E-state index in [1.807, 2.05) is 45.0 Å². The lowest BCUT2D eigenvalue weighted by atomic mass is 9.98. The van der Waals surface area contributed by atoms with Gasteiger partial charge in [0, 0.05) is 16.3 Å². The van der Waals surface area contributed by atoms with E-state index in [9.17, 15) is 9.59 Å². The van der Waals surface area contributed by atoms with Gasteiger partial charge in [-0.05, 0) is 43.2 Å². The van der Waals surface area contributed by atoms with Crippen LogP contribution in [0.25, 0.3) is 10.6 Å². The van der Waals surface area contributed by atoms with E-state index in [0.29, 0.717) is 27.3 Å². The van der Waals surface area contributed by atoms with Gasteiger partial charge >= 0.3 is 6.03 Å². The van der Waals surface area contributed by atoms with E-state index < -0.39 is 12.1 Å². The van der Waals surface area contributed by atoms with Crippen molar-refractivity contribution in [3.05, 3.63) is 59.1 Å². The van der Waals surface area contributed by atoms with Crippen molar-refractivity contribution in [1.29, 1.82) is 0 Å². The van der Waals surface area contributed by atoms with Crippen LogP contribution in [0.4, 0.5) is 15.6 Å². The van der Waals surface area contributed by atoms with Gasteiger partial charge < -0.3 is 10.6 Å². The van der Waals surface area contributed by atoms with Gasteiger partial charge in [0.15, 0.2) is 0 Å². The molecule has 0 aliphatic rings. The van der Waals surface area contributed by atoms with Crippen LogP contribution in [0.3, 0.4) is 0 Å². The Hall–Kier alpha value is -2.97. The number of carbonyl (C=O) groups is 2. The number of aryl methyl sites for hydroxylation is 1. The van der Waals surface area contributed by atoms with E-state index in [0.717, 1.165) is 11.1 Å². The first kappa shape index (κ1) is 22.7. The van der Waals surface area contributed by atoms with Gasteiger partial charge in [0.2, 0.25) is 11.0 Å². The number of carbonyl (C=O) groups excluding carboxylic acids is 2. The number of anilines is 2. The van der Waals surface area contributed by atoms with Crippen molar-refractivity contribution in [1.82, 2.24) is 15.5 Å². The van der Waals surface area contributed by atoms with Crippen LogP contribution in [0.2, 0.25) is 5.02 Å². The molecule has 1 aromatic heterocycles. The van der Waals surface area contributed by atoms with Crippen molar-refractivity contribution >= 4 is 45.7 Å². The van der Waals surface area contributed by atoms with Gasteiger partial charge in [0.25, 0.3) is 0 Å². The van der Waals surface area contributed by atoms with Crippen LogP contribution < -0.4 is 16.0 Å². The first-order chi connectivity index (χ1) is 14.9. The second-order valence-corrected chi connectivity index (χ2v) is 8.65. The Kier molecular flexibility index (Phi) is 7.59. The van der Waals surface area contributed by atoms with Gasteiger partial charge in [0.05, 0.1) is 0 Å². The van der Waals surface area contributed by atoms with Crippen molar-refractivity contribution < 1.29 is 9.59 Å². The molecule has 9 heteroatoms. The van der Waals surface area contributed by atoms with Gasteiger partial charge in [-0.25, -0.2) is 4.79 Å². The zero-order valence-electron chi connectivity index (χ0n) is 17.5. The average molecular weight is 458 g/mol. The minimum Gasteiger partial charge on any atom is -0.326 e. The second-order valence-electron chi connectivity index (χ2n) is 7.24. The number of urea groups is 1. The molecule has 0 spiro atoms. The molecule has 0 fully saturated rings. The molecule has 162 valence electrons. The third-order valence-electron chi connectivity index (χ3n) is 4.80. The van der Waals surface area contributed by atoms with E-state index in [-0.39, 0.29) is 11.8 Å². The summed E-state index contributed by atoms with van der Waals surface area (Å²) in [6.45, 7) is 5.88. The highest BCUT2D eigenvalue weighted by Crippen LogP contribution is 2.27. The van der Waals surface area contributed by atoms with Gasteiger partial charge in [-0.3, -0.25) is 10.1 Å². The van der Waals surface area contributed by atoms with Crippen LogP contribution in [0, 0.1) is 12.8 Å². The lowest BCUT2D eigenvalue weighted by molar-refractivity contribution is -0.119. The molecular formula is C22H24ClN5O2S. The zero-order valence-corrected chi connectivity index (χ0v) is 19.1. The fourth-order valence-corrected chi connectivity index (χ4v) is 3.76. The molecule has 0 aliphatic heterocycles. The summed E-state index contributed by atoms with van der Waals surface area (Å²) in [6, 6.07) is 13.4. The van der Waals surface area contributed by atoms with Gasteiger partial charge in [-0.1, -0.05) is 67.0 Å². The molecule has 1 heterocycles. The van der Waals surface area contributed by atoms with Gasteiger partial charge in [-0.2, -0.15) is 0 Å². The summed E-state index contributed by atoms with van der Waals surface area (Å²) < 4.78 is 0. The normalized spacial score (nSPS) is 12.6. The third-order valence-corrected chi connectivity index (χ3v) is 5.94. The smallest absolute Gasteiger partial charge is 0.319 e. The zero-order chi connectivity index (χ0) is 22.4. The number of hydrogen-bond acceptors (Lipinski definition) is 5. The summed E-state index contributed by atoms with van der Waals surface area (Å²) in [5, 5.41) is 18.2. The maximum atomic E-state index is 12.9. The summed E-state index contributed by atoms with van der Waals surface area (Å²) in [4.78, 5) is 25.4. The molecule has 3 N–H and O–H groups in total. The molecule has 2 aromatic carbocycles. The lowest BCUT2D eigenvalue weighted by Crippen LogP contribution is -2.49. The van der Waals surface area contributed by atoms with Crippen LogP contribution in [0.5, 0.6) is 0 Å². The highest BCUT2D eigenvalue weighted by Gasteiger charge is 2.27. The number of halogens is 1. The molecule has 0 bridgehead atoms. The van der Waals surface area contributed by atoms with Crippen molar-refractivity contribution in [2.45, 2.75) is 33.2 Å². The van der Waals surface area contributed by atoms with Crippen LogP contribution in [-0.2, 0) is 4.79 Å². The molecule has 7 nitrogen and oxygen atoms in total. The van der Waals surface area contributed by atoms with E-state index in [1.54, 1.807) is 24.3 Å². The molecular weight excluding hydrogens is 434 g/mol. The third kappa shape index (κ3) is 6.26. The number of nitrogens with zero attached hydrogens (tertiary/aromatic N) is 2. The molecule has 0 saturated heterocycles. The summed E-state index contributed by atoms with van der Waals surface area (Å²) >= 11 is 7.16. The van der Waals surface area contributed by atoms with Crippen molar-refractivity contribution in [2.75, 3.05) is 10.6 Å². The Morgan fingerprint density at radius 3 is 2.52 bits per heavy atom. The Morgan fingerprint density at radius 2 is 1.84 bits per heavy atom. The maximum Gasteiger partial charge on any atom is 0.319 e. The van der Waals surface area contributed by atoms with Crippen LogP contribution in [0.1, 0.15) is 25.8 Å². The van der Waals surface area contributed by atoms with E-state index >= 15 is 0 Å². The fourth-order valence-electron chi connectivity index (χ4n) is 2.90. The number of rotatable bonds is 7. The Balaban J connectivity index is 1.67. The number of amides is 3. The topological polar surface area (TPSA) is 96.0 Å². The highest BCUT2D eigenvalue weighted by molar-refractivity contribution is 7.18. The van der Waals surface area contributed by atoms with Gasteiger partial charge in [0.1, 0.15) is 11.0 Å². The Labute approximate surface area is 190 Å². The first-order valence-electron chi connectivity index (χ1n) is 9.90. The molecule has 0 aliphatic carbocycles. The molecule has 3 amide bonds. The number of nitrogens with one attached hydrogen (secondary N) is 3. The van der Waals surface area contributed by atoms with Crippen molar-refractivity contribution in [2.24, 2.45) is 5.92 Å².